The molecule has 0 amide bonds. The van der Waals surface area contributed by atoms with Gasteiger partial charge in [0.15, 0.2) is 5.52 Å². The fourth-order valence-corrected chi connectivity index (χ4v) is 4.55. The lowest BCUT2D eigenvalue weighted by Gasteiger charge is -1.95. The van der Waals surface area contributed by atoms with Gasteiger partial charge < -0.3 is 0 Å². The van der Waals surface area contributed by atoms with Crippen LogP contribution >= 0.6 is 11.3 Å². The monoisotopic (exact) mass is 278 g/mol. The zero-order valence-corrected chi connectivity index (χ0v) is 11.8. The number of rotatable bonds is 0. The highest BCUT2D eigenvalue weighted by Crippen LogP contribution is 2.37. The molecule has 20 heavy (non-hydrogen) atoms. The van der Waals surface area contributed by atoms with Crippen LogP contribution in [0.4, 0.5) is 0 Å². The van der Waals surface area contributed by atoms with Crippen molar-refractivity contribution < 1.29 is 4.57 Å². The van der Waals surface area contributed by atoms with E-state index in [-0.39, 0.29) is 0 Å². The van der Waals surface area contributed by atoms with Gasteiger partial charge in [0, 0.05) is 28.0 Å². The molecular weight excluding hydrogens is 266 g/mol. The summed E-state index contributed by atoms with van der Waals surface area (Å²) in [4.78, 5) is 5.65. The second-order valence-electron chi connectivity index (χ2n) is 5.25. The highest BCUT2D eigenvalue weighted by molar-refractivity contribution is 7.25. The normalized spacial score (nSPS) is 13.1. The number of fused-ring (bicyclic) bond motifs is 7. The molecule has 0 atom stereocenters. The minimum atomic E-state index is 0.956. The second-order valence-corrected chi connectivity index (χ2v) is 6.28. The highest BCUT2D eigenvalue weighted by Gasteiger charge is 2.34. The Kier molecular flexibility index (Phi) is 1.83. The molecule has 0 unspecified atom stereocenters. The Hall–Kier alpha value is -2.20. The zero-order chi connectivity index (χ0) is 13.3. The molecule has 0 N–H and O–H groups in total. The molecule has 4 heteroatoms. The first-order valence-corrected chi connectivity index (χ1v) is 7.49. The van der Waals surface area contributed by atoms with Gasteiger partial charge in [0.1, 0.15) is 6.54 Å². The largest absolute Gasteiger partial charge is 0.292 e. The van der Waals surface area contributed by atoms with Gasteiger partial charge in [-0.1, -0.05) is 23.5 Å². The average Bonchev–Trinajstić information content (AvgIpc) is 3.10. The molecule has 0 fully saturated rings. The van der Waals surface area contributed by atoms with Crippen molar-refractivity contribution in [3.05, 3.63) is 48.3 Å². The maximum atomic E-state index is 4.29. The Balaban J connectivity index is 1.98. The van der Waals surface area contributed by atoms with Gasteiger partial charge in [-0.3, -0.25) is 4.98 Å². The third kappa shape index (κ3) is 1.11. The molecule has 1 aliphatic heterocycles. The van der Waals surface area contributed by atoms with Crippen LogP contribution in [-0.4, -0.2) is 9.55 Å². The van der Waals surface area contributed by atoms with Crippen LogP contribution in [0.25, 0.3) is 31.8 Å². The van der Waals surface area contributed by atoms with Gasteiger partial charge in [0.05, 0.1) is 12.6 Å². The molecule has 4 aromatic rings. The number of aromatic nitrogens is 3. The molecule has 3 aromatic heterocycles. The van der Waals surface area contributed by atoms with Crippen LogP contribution in [0.2, 0.25) is 0 Å². The van der Waals surface area contributed by atoms with E-state index in [0.29, 0.717) is 0 Å². The molecule has 0 bridgehead atoms. The molecule has 5 rings (SSSR count). The van der Waals surface area contributed by atoms with E-state index in [0.717, 1.165) is 6.54 Å². The fourth-order valence-electron chi connectivity index (χ4n) is 3.31. The van der Waals surface area contributed by atoms with Crippen molar-refractivity contribution in [3.8, 4) is 11.4 Å². The number of thiophene rings is 1. The van der Waals surface area contributed by atoms with E-state index in [1.807, 2.05) is 23.7 Å². The maximum absolute atomic E-state index is 4.29. The van der Waals surface area contributed by atoms with Crippen molar-refractivity contribution in [1.29, 1.82) is 0 Å². The van der Waals surface area contributed by atoms with Crippen molar-refractivity contribution >= 4 is 31.8 Å². The summed E-state index contributed by atoms with van der Waals surface area (Å²) in [6, 6.07) is 10.8. The molecule has 1 aromatic carbocycles. The summed E-state index contributed by atoms with van der Waals surface area (Å²) < 4.78 is 6.10. The maximum Gasteiger partial charge on any atom is 0.292 e. The minimum absolute atomic E-state index is 0.956. The third-order valence-electron chi connectivity index (χ3n) is 4.19. The smallest absolute Gasteiger partial charge is 0.264 e. The Labute approximate surface area is 119 Å². The summed E-state index contributed by atoms with van der Waals surface area (Å²) in [6.45, 7) is 0.956. The van der Waals surface area contributed by atoms with E-state index in [4.69, 9.17) is 0 Å². The van der Waals surface area contributed by atoms with E-state index in [2.05, 4.69) is 51.5 Å². The number of benzene rings is 1. The van der Waals surface area contributed by atoms with Gasteiger partial charge in [0.25, 0.3) is 5.82 Å². The predicted molar refractivity (Wildman–Crippen MR) is 80.8 cm³/mol. The predicted octanol–water partition coefficient (Wildman–Crippen LogP) is 3.10. The minimum Gasteiger partial charge on any atom is -0.264 e. The van der Waals surface area contributed by atoms with E-state index < -0.39 is 0 Å². The van der Waals surface area contributed by atoms with Crippen LogP contribution in [0, 0.1) is 0 Å². The van der Waals surface area contributed by atoms with Gasteiger partial charge >= 0.3 is 0 Å². The quantitative estimate of drug-likeness (QED) is 0.399. The topological polar surface area (TPSA) is 21.7 Å². The molecule has 0 aliphatic carbocycles. The van der Waals surface area contributed by atoms with E-state index in [1.54, 1.807) is 0 Å². The summed E-state index contributed by atoms with van der Waals surface area (Å²) in [5.41, 5.74) is 3.97. The van der Waals surface area contributed by atoms with Gasteiger partial charge in [-0.05, 0) is 18.2 Å². The second kappa shape index (κ2) is 3.46. The van der Waals surface area contributed by atoms with Crippen molar-refractivity contribution in [2.24, 2.45) is 7.05 Å². The van der Waals surface area contributed by atoms with Gasteiger partial charge in [-0.2, -0.15) is 0 Å². The van der Waals surface area contributed by atoms with Crippen LogP contribution in [0.1, 0.15) is 5.56 Å². The Morgan fingerprint density at radius 3 is 3.10 bits per heavy atom. The summed E-state index contributed by atoms with van der Waals surface area (Å²) >= 11 is 1.88. The van der Waals surface area contributed by atoms with Gasteiger partial charge in [0.2, 0.25) is 4.83 Å². The lowest BCUT2D eigenvalue weighted by atomic mass is 10.2. The molecule has 1 aliphatic rings. The molecule has 4 heterocycles. The van der Waals surface area contributed by atoms with Gasteiger partial charge in [-0.15, -0.1) is 0 Å². The first kappa shape index (κ1) is 10.6. The Bertz CT molecular complexity index is 994. The number of aryl methyl sites for hydroxylation is 1. The van der Waals surface area contributed by atoms with Gasteiger partial charge in [-0.25, -0.2) is 9.13 Å². The molecule has 0 spiro atoms. The molecular formula is C16H12N3S+. The first-order valence-electron chi connectivity index (χ1n) is 6.67. The van der Waals surface area contributed by atoms with Crippen molar-refractivity contribution in [2.45, 2.75) is 6.54 Å². The van der Waals surface area contributed by atoms with E-state index >= 15 is 0 Å². The molecule has 3 nitrogen and oxygen atoms in total. The zero-order valence-electron chi connectivity index (χ0n) is 11.0. The number of pyridine rings is 1. The van der Waals surface area contributed by atoms with E-state index in [9.17, 15) is 0 Å². The molecule has 0 saturated heterocycles. The van der Waals surface area contributed by atoms with Crippen LogP contribution in [0.5, 0.6) is 0 Å². The number of hydrogen-bond donors (Lipinski definition) is 0. The fraction of sp³-hybridized carbons (Fsp3) is 0.125. The summed E-state index contributed by atoms with van der Waals surface area (Å²) in [5.74, 6) is 1.28. The number of hydrogen-bond acceptors (Lipinski definition) is 2. The SMILES string of the molecule is Cn1c2[n+](c3sc4ccccc4c31)Cc1ccncc1-2. The van der Waals surface area contributed by atoms with Crippen molar-refractivity contribution in [2.75, 3.05) is 0 Å². The summed E-state index contributed by atoms with van der Waals surface area (Å²) in [5, 5.41) is 1.35. The third-order valence-corrected chi connectivity index (χ3v) is 5.37. The van der Waals surface area contributed by atoms with Crippen LogP contribution in [0.3, 0.4) is 0 Å². The van der Waals surface area contributed by atoms with E-state index in [1.165, 1.54) is 37.4 Å². The average molecular weight is 278 g/mol. The lowest BCUT2D eigenvalue weighted by Crippen LogP contribution is -2.30. The Morgan fingerprint density at radius 1 is 1.25 bits per heavy atom. The lowest BCUT2D eigenvalue weighted by molar-refractivity contribution is -0.644. The summed E-state index contributed by atoms with van der Waals surface area (Å²) in [6.07, 6.45) is 3.87. The molecule has 0 radical (unpaired) electrons. The first-order chi connectivity index (χ1) is 9.84. The van der Waals surface area contributed by atoms with Crippen molar-refractivity contribution in [1.82, 2.24) is 9.55 Å². The summed E-state index contributed by atoms with van der Waals surface area (Å²) in [7, 11) is 2.16. The van der Waals surface area contributed by atoms with Crippen LogP contribution in [0.15, 0.2) is 42.7 Å². The van der Waals surface area contributed by atoms with Crippen LogP contribution in [-0.2, 0) is 13.6 Å². The van der Waals surface area contributed by atoms with Crippen LogP contribution < -0.4 is 4.57 Å². The standard InChI is InChI=1S/C16H12N3S/c1-18-14-11-4-2-3-5-13(11)20-16(14)19-9-10-6-7-17-8-12(10)15(18)19/h2-8H,9H2,1H3/q+1. The number of imidazole rings is 1. The molecule has 0 saturated carbocycles. The number of nitrogens with zero attached hydrogens (tertiary/aromatic N) is 3. The Morgan fingerprint density at radius 2 is 2.15 bits per heavy atom. The highest BCUT2D eigenvalue weighted by atomic mass is 32.1. The molecule has 96 valence electrons. The van der Waals surface area contributed by atoms with Crippen molar-refractivity contribution in [3.63, 3.8) is 0 Å².